The summed E-state index contributed by atoms with van der Waals surface area (Å²) in [5.41, 5.74) is 6.63. The highest BCUT2D eigenvalue weighted by molar-refractivity contribution is 5.98. The van der Waals surface area contributed by atoms with Crippen LogP contribution in [0.4, 0.5) is 0 Å². The zero-order valence-corrected chi connectivity index (χ0v) is 20.4. The van der Waals surface area contributed by atoms with Crippen LogP contribution in [0.1, 0.15) is 54.6 Å². The number of carbonyl (C=O) groups is 3. The Morgan fingerprint density at radius 1 is 1.03 bits per heavy atom. The minimum atomic E-state index is -0.767. The predicted molar refractivity (Wildman–Crippen MR) is 134 cm³/mol. The number of amidine groups is 1. The van der Waals surface area contributed by atoms with Crippen molar-refractivity contribution in [2.75, 3.05) is 19.6 Å². The number of rotatable bonds is 9. The summed E-state index contributed by atoms with van der Waals surface area (Å²) in [5.74, 6) is -0.374. The van der Waals surface area contributed by atoms with Gasteiger partial charge in [0.2, 0.25) is 5.91 Å². The lowest BCUT2D eigenvalue weighted by atomic mass is 9.88. The Kier molecular flexibility index (Phi) is 8.63. The molecular weight excluding hydrogens is 444 g/mol. The summed E-state index contributed by atoms with van der Waals surface area (Å²) in [4.78, 5) is 39.7. The van der Waals surface area contributed by atoms with E-state index < -0.39 is 5.41 Å². The number of esters is 1. The van der Waals surface area contributed by atoms with Gasteiger partial charge in [0.05, 0.1) is 5.41 Å². The van der Waals surface area contributed by atoms with Crippen LogP contribution in [0, 0.1) is 16.7 Å². The zero-order valence-electron chi connectivity index (χ0n) is 20.4. The van der Waals surface area contributed by atoms with E-state index in [4.69, 9.17) is 15.9 Å². The normalized spacial score (nSPS) is 14.3. The standard InChI is InChI=1S/C27H34N4O4/c1-27(2,18-30-25(33)22-10-8-21(9-11-22)24(28)29)26(34)31-14-12-19(13-15-31)16-23(32)35-17-20-6-4-3-5-7-20/h3-11,19H,12-18H2,1-2H3,(H3,28,29)(H,30,33). The van der Waals surface area contributed by atoms with E-state index >= 15 is 0 Å². The second-order valence-electron chi connectivity index (χ2n) is 9.64. The molecule has 0 radical (unpaired) electrons. The van der Waals surface area contributed by atoms with E-state index in [-0.39, 0.29) is 42.7 Å². The van der Waals surface area contributed by atoms with E-state index in [1.807, 2.05) is 49.1 Å². The number of carbonyl (C=O) groups excluding carboxylic acids is 3. The minimum absolute atomic E-state index is 0.0187. The summed E-state index contributed by atoms with van der Waals surface area (Å²) in [7, 11) is 0. The van der Waals surface area contributed by atoms with E-state index in [0.29, 0.717) is 30.6 Å². The van der Waals surface area contributed by atoms with E-state index in [1.165, 1.54) is 0 Å². The first-order valence-corrected chi connectivity index (χ1v) is 11.9. The summed E-state index contributed by atoms with van der Waals surface area (Å²) in [6, 6.07) is 16.0. The summed E-state index contributed by atoms with van der Waals surface area (Å²) in [6.45, 7) is 5.28. The molecule has 0 aliphatic carbocycles. The first-order chi connectivity index (χ1) is 16.7. The summed E-state index contributed by atoms with van der Waals surface area (Å²) >= 11 is 0. The van der Waals surface area contributed by atoms with Gasteiger partial charge in [0.15, 0.2) is 0 Å². The summed E-state index contributed by atoms with van der Waals surface area (Å²) in [5, 5.41) is 10.3. The quantitative estimate of drug-likeness (QED) is 0.290. The molecule has 1 saturated heterocycles. The van der Waals surface area contributed by atoms with E-state index in [1.54, 1.807) is 24.3 Å². The van der Waals surface area contributed by atoms with Crippen LogP contribution in [0.25, 0.3) is 0 Å². The van der Waals surface area contributed by atoms with Gasteiger partial charge < -0.3 is 20.7 Å². The second-order valence-corrected chi connectivity index (χ2v) is 9.64. The third-order valence-corrected chi connectivity index (χ3v) is 6.33. The van der Waals surface area contributed by atoms with Crippen LogP contribution < -0.4 is 11.1 Å². The number of hydrogen-bond acceptors (Lipinski definition) is 5. The topological polar surface area (TPSA) is 126 Å². The number of piperidine rings is 1. The van der Waals surface area contributed by atoms with Crippen molar-refractivity contribution in [3.8, 4) is 0 Å². The number of nitrogens with zero attached hydrogens (tertiary/aromatic N) is 1. The van der Waals surface area contributed by atoms with Gasteiger partial charge in [-0.05, 0) is 50.3 Å². The van der Waals surface area contributed by atoms with Crippen molar-refractivity contribution < 1.29 is 19.1 Å². The highest BCUT2D eigenvalue weighted by Gasteiger charge is 2.34. The average molecular weight is 479 g/mol. The first-order valence-electron chi connectivity index (χ1n) is 11.9. The van der Waals surface area contributed by atoms with Crippen LogP contribution >= 0.6 is 0 Å². The van der Waals surface area contributed by atoms with Crippen LogP contribution in [0.5, 0.6) is 0 Å². The third-order valence-electron chi connectivity index (χ3n) is 6.33. The number of amides is 2. The van der Waals surface area contributed by atoms with Gasteiger partial charge in [-0.3, -0.25) is 19.8 Å². The number of nitrogens with two attached hydrogens (primary N) is 1. The van der Waals surface area contributed by atoms with Gasteiger partial charge in [-0.2, -0.15) is 0 Å². The van der Waals surface area contributed by atoms with E-state index in [9.17, 15) is 14.4 Å². The van der Waals surface area contributed by atoms with Crippen LogP contribution in [-0.2, 0) is 20.9 Å². The molecule has 8 nitrogen and oxygen atoms in total. The van der Waals surface area contributed by atoms with Gasteiger partial charge in [-0.15, -0.1) is 0 Å². The Hall–Kier alpha value is -3.68. The molecule has 0 atom stereocenters. The van der Waals surface area contributed by atoms with Crippen LogP contribution in [-0.4, -0.2) is 48.2 Å². The molecule has 0 spiro atoms. The molecule has 1 fully saturated rings. The average Bonchev–Trinajstić information content (AvgIpc) is 2.87. The van der Waals surface area contributed by atoms with Gasteiger partial charge in [-0.1, -0.05) is 42.5 Å². The molecule has 3 rings (SSSR count). The molecule has 1 aliphatic rings. The maximum atomic E-state index is 13.1. The van der Waals surface area contributed by atoms with Gasteiger partial charge >= 0.3 is 5.97 Å². The number of benzene rings is 2. The molecular formula is C27H34N4O4. The molecule has 0 unspecified atom stereocenters. The number of ether oxygens (including phenoxy) is 1. The van der Waals surface area contributed by atoms with Gasteiger partial charge in [0.25, 0.3) is 5.91 Å². The molecule has 8 heteroatoms. The lowest BCUT2D eigenvalue weighted by Gasteiger charge is -2.37. The molecule has 2 amide bonds. The Morgan fingerprint density at radius 3 is 2.23 bits per heavy atom. The summed E-state index contributed by atoms with van der Waals surface area (Å²) in [6.07, 6.45) is 1.85. The fraction of sp³-hybridized carbons (Fsp3) is 0.407. The fourth-order valence-electron chi connectivity index (χ4n) is 4.08. The molecule has 1 aliphatic heterocycles. The van der Waals surface area contributed by atoms with Crippen LogP contribution in [0.3, 0.4) is 0 Å². The van der Waals surface area contributed by atoms with Crippen molar-refractivity contribution in [1.29, 1.82) is 5.41 Å². The highest BCUT2D eigenvalue weighted by Crippen LogP contribution is 2.26. The number of likely N-dealkylation sites (tertiary alicyclic amines) is 1. The molecule has 2 aromatic rings. The fourth-order valence-corrected chi connectivity index (χ4v) is 4.08. The van der Waals surface area contributed by atoms with Crippen LogP contribution in [0.15, 0.2) is 54.6 Å². The third kappa shape index (κ3) is 7.40. The summed E-state index contributed by atoms with van der Waals surface area (Å²) < 4.78 is 5.39. The van der Waals surface area contributed by atoms with Crippen molar-refractivity contribution in [2.45, 2.75) is 39.7 Å². The number of nitrogen functional groups attached to an aromatic ring is 1. The number of hydrogen-bond donors (Lipinski definition) is 3. The molecule has 0 saturated carbocycles. The Balaban J connectivity index is 1.42. The molecule has 186 valence electrons. The maximum absolute atomic E-state index is 13.1. The van der Waals surface area contributed by atoms with Crippen molar-refractivity contribution in [2.24, 2.45) is 17.1 Å². The van der Waals surface area contributed by atoms with Crippen LogP contribution in [0.2, 0.25) is 0 Å². The van der Waals surface area contributed by atoms with Crippen molar-refractivity contribution in [3.05, 3.63) is 71.3 Å². The lowest BCUT2D eigenvalue weighted by molar-refractivity contribution is -0.147. The van der Waals surface area contributed by atoms with E-state index in [2.05, 4.69) is 5.32 Å². The van der Waals surface area contributed by atoms with E-state index in [0.717, 1.165) is 18.4 Å². The van der Waals surface area contributed by atoms with Gasteiger partial charge in [0.1, 0.15) is 12.4 Å². The van der Waals surface area contributed by atoms with Crippen molar-refractivity contribution in [1.82, 2.24) is 10.2 Å². The largest absolute Gasteiger partial charge is 0.461 e. The number of nitrogens with one attached hydrogen (secondary N) is 2. The minimum Gasteiger partial charge on any atom is -0.461 e. The molecule has 2 aromatic carbocycles. The smallest absolute Gasteiger partial charge is 0.306 e. The lowest BCUT2D eigenvalue weighted by Crippen LogP contribution is -2.49. The van der Waals surface area contributed by atoms with Crippen molar-refractivity contribution >= 4 is 23.6 Å². The molecule has 1 heterocycles. The second kappa shape index (κ2) is 11.6. The molecule has 0 bridgehead atoms. The van der Waals surface area contributed by atoms with Crippen molar-refractivity contribution in [3.63, 3.8) is 0 Å². The first kappa shape index (κ1) is 25.9. The SMILES string of the molecule is CC(C)(CNC(=O)c1ccc(C(=N)N)cc1)C(=O)N1CCC(CC(=O)OCc2ccccc2)CC1. The maximum Gasteiger partial charge on any atom is 0.306 e. The monoisotopic (exact) mass is 478 g/mol. The van der Waals surface area contributed by atoms with Gasteiger partial charge in [0, 0.05) is 37.2 Å². The molecule has 35 heavy (non-hydrogen) atoms. The zero-order chi connectivity index (χ0) is 25.4. The Bertz CT molecular complexity index is 1040. The van der Waals surface area contributed by atoms with Gasteiger partial charge in [-0.25, -0.2) is 0 Å². The highest BCUT2D eigenvalue weighted by atomic mass is 16.5. The molecule has 4 N–H and O–H groups in total. The molecule has 0 aromatic heterocycles. The predicted octanol–water partition coefficient (Wildman–Crippen LogP) is 3.10. The Morgan fingerprint density at radius 2 is 1.63 bits per heavy atom. The Labute approximate surface area is 206 Å².